The Labute approximate surface area is 109 Å². The van der Waals surface area contributed by atoms with Crippen molar-refractivity contribution in [3.63, 3.8) is 0 Å². The second-order valence-corrected chi connectivity index (χ2v) is 5.65. The van der Waals surface area contributed by atoms with Gasteiger partial charge in [-0.2, -0.15) is 0 Å². The van der Waals surface area contributed by atoms with Gasteiger partial charge in [0.05, 0.1) is 11.3 Å². The average molecular weight is 249 g/mol. The minimum Gasteiger partial charge on any atom is -0.396 e. The molecule has 0 unspecified atom stereocenters. The van der Waals surface area contributed by atoms with Crippen LogP contribution < -0.4 is 11.1 Å². The zero-order chi connectivity index (χ0) is 13.2. The quantitative estimate of drug-likeness (QED) is 0.769. The van der Waals surface area contributed by atoms with Crippen molar-refractivity contribution in [1.29, 1.82) is 0 Å². The number of aromatic nitrogens is 1. The van der Waals surface area contributed by atoms with Gasteiger partial charge < -0.3 is 16.2 Å². The summed E-state index contributed by atoms with van der Waals surface area (Å²) in [4.78, 5) is 4.22. The van der Waals surface area contributed by atoms with Crippen LogP contribution in [0.1, 0.15) is 38.2 Å². The topological polar surface area (TPSA) is 71.2 Å². The molecule has 0 aromatic carbocycles. The van der Waals surface area contributed by atoms with Gasteiger partial charge in [0.2, 0.25) is 0 Å². The fraction of sp³-hybridized carbons (Fsp3) is 0.643. The summed E-state index contributed by atoms with van der Waals surface area (Å²) in [5, 5.41) is 13.7. The van der Waals surface area contributed by atoms with Crippen LogP contribution >= 0.6 is 0 Å². The Bertz CT molecular complexity index is 412. The average Bonchev–Trinajstić information content (AvgIpc) is 2.35. The third-order valence-electron chi connectivity index (χ3n) is 4.00. The highest BCUT2D eigenvalue weighted by molar-refractivity contribution is 5.64. The molecule has 0 atom stereocenters. The van der Waals surface area contributed by atoms with Crippen LogP contribution in [0.2, 0.25) is 0 Å². The first-order valence-corrected chi connectivity index (χ1v) is 6.67. The lowest BCUT2D eigenvalue weighted by molar-refractivity contribution is 0.00496. The van der Waals surface area contributed by atoms with Gasteiger partial charge in [-0.05, 0) is 50.2 Å². The number of pyridine rings is 1. The van der Waals surface area contributed by atoms with E-state index in [1.807, 2.05) is 13.0 Å². The summed E-state index contributed by atoms with van der Waals surface area (Å²) < 4.78 is 0. The van der Waals surface area contributed by atoms with Gasteiger partial charge in [-0.15, -0.1) is 0 Å². The van der Waals surface area contributed by atoms with Gasteiger partial charge in [-0.1, -0.05) is 6.92 Å². The van der Waals surface area contributed by atoms with Gasteiger partial charge in [0.25, 0.3) is 0 Å². The van der Waals surface area contributed by atoms with Crippen LogP contribution in [0.15, 0.2) is 12.3 Å². The van der Waals surface area contributed by atoms with Crippen LogP contribution in [0.5, 0.6) is 0 Å². The second-order valence-electron chi connectivity index (χ2n) is 5.65. The second kappa shape index (κ2) is 5.14. The summed E-state index contributed by atoms with van der Waals surface area (Å²) in [7, 11) is 0. The molecule has 18 heavy (non-hydrogen) atoms. The van der Waals surface area contributed by atoms with Crippen molar-refractivity contribution < 1.29 is 5.11 Å². The summed E-state index contributed by atoms with van der Waals surface area (Å²) in [6.45, 7) is 4.73. The minimum atomic E-state index is -0.607. The molecule has 0 radical (unpaired) electrons. The van der Waals surface area contributed by atoms with E-state index in [-0.39, 0.29) is 0 Å². The van der Waals surface area contributed by atoms with E-state index in [1.54, 1.807) is 6.20 Å². The Morgan fingerprint density at radius 3 is 2.83 bits per heavy atom. The lowest BCUT2D eigenvalue weighted by atomic mass is 9.79. The van der Waals surface area contributed by atoms with E-state index in [0.29, 0.717) is 18.1 Å². The molecule has 100 valence electrons. The highest BCUT2D eigenvalue weighted by atomic mass is 16.3. The van der Waals surface area contributed by atoms with E-state index in [4.69, 9.17) is 5.73 Å². The fourth-order valence-corrected chi connectivity index (χ4v) is 2.44. The minimum absolute atomic E-state index is 0.528. The van der Waals surface area contributed by atoms with Crippen LogP contribution in [-0.2, 0) is 0 Å². The van der Waals surface area contributed by atoms with Crippen molar-refractivity contribution in [3.8, 4) is 0 Å². The summed E-state index contributed by atoms with van der Waals surface area (Å²) >= 11 is 0. The van der Waals surface area contributed by atoms with Gasteiger partial charge in [-0.3, -0.25) is 0 Å². The Kier molecular flexibility index (Phi) is 3.76. The molecule has 4 heteroatoms. The monoisotopic (exact) mass is 249 g/mol. The molecule has 1 aliphatic rings. The largest absolute Gasteiger partial charge is 0.396 e. The van der Waals surface area contributed by atoms with E-state index in [2.05, 4.69) is 17.2 Å². The molecule has 0 bridgehead atoms. The number of rotatable bonds is 3. The summed E-state index contributed by atoms with van der Waals surface area (Å²) in [5.74, 6) is 1.41. The number of aryl methyl sites for hydroxylation is 1. The van der Waals surface area contributed by atoms with Gasteiger partial charge in [-0.25, -0.2) is 4.98 Å². The predicted octanol–water partition coefficient (Wildman–Crippen LogP) is 2.33. The number of nitrogens with zero attached hydrogens (tertiary/aromatic N) is 1. The third kappa shape index (κ3) is 2.93. The molecule has 1 heterocycles. The summed E-state index contributed by atoms with van der Waals surface area (Å²) in [6, 6.07) is 1.89. The van der Waals surface area contributed by atoms with Crippen molar-refractivity contribution >= 4 is 11.5 Å². The normalized spacial score (nSPS) is 28.1. The van der Waals surface area contributed by atoms with Crippen molar-refractivity contribution in [2.45, 2.75) is 45.1 Å². The SMILES string of the molecule is Cc1ccnc(NCC2(O)CCC(C)CC2)c1N. The molecular formula is C14H23N3O. The molecule has 1 aliphatic carbocycles. The Balaban J connectivity index is 1.97. The standard InChI is InChI=1S/C14H23N3O/c1-10-3-6-14(18,7-4-10)9-17-13-12(15)11(2)5-8-16-13/h5,8,10,18H,3-4,6-7,9,15H2,1-2H3,(H,16,17). The van der Waals surface area contributed by atoms with Gasteiger partial charge in [0.15, 0.2) is 0 Å². The highest BCUT2D eigenvalue weighted by Gasteiger charge is 2.31. The maximum absolute atomic E-state index is 10.5. The molecule has 4 N–H and O–H groups in total. The van der Waals surface area contributed by atoms with Crippen molar-refractivity contribution in [2.75, 3.05) is 17.6 Å². The number of hydrogen-bond donors (Lipinski definition) is 3. The number of nitrogens with two attached hydrogens (primary N) is 1. The van der Waals surface area contributed by atoms with E-state index in [9.17, 15) is 5.11 Å². The summed E-state index contributed by atoms with van der Waals surface area (Å²) in [5.41, 5.74) is 7.03. The van der Waals surface area contributed by atoms with E-state index in [0.717, 1.165) is 37.2 Å². The van der Waals surface area contributed by atoms with E-state index < -0.39 is 5.60 Å². The van der Waals surface area contributed by atoms with Gasteiger partial charge in [0.1, 0.15) is 5.82 Å². The van der Waals surface area contributed by atoms with Gasteiger partial charge in [0, 0.05) is 12.7 Å². The molecule has 0 spiro atoms. The van der Waals surface area contributed by atoms with E-state index >= 15 is 0 Å². The molecule has 1 fully saturated rings. The zero-order valence-electron chi connectivity index (χ0n) is 11.2. The first kappa shape index (κ1) is 13.1. The smallest absolute Gasteiger partial charge is 0.149 e. The predicted molar refractivity (Wildman–Crippen MR) is 74.5 cm³/mol. The molecule has 0 aliphatic heterocycles. The van der Waals surface area contributed by atoms with Crippen LogP contribution in [0.4, 0.5) is 11.5 Å². The molecule has 2 rings (SSSR count). The number of anilines is 2. The van der Waals surface area contributed by atoms with Crippen molar-refractivity contribution in [1.82, 2.24) is 4.98 Å². The van der Waals surface area contributed by atoms with Crippen LogP contribution in [-0.4, -0.2) is 22.2 Å². The first-order chi connectivity index (χ1) is 8.50. The Hall–Kier alpha value is -1.29. The van der Waals surface area contributed by atoms with Crippen molar-refractivity contribution in [3.05, 3.63) is 17.8 Å². The maximum Gasteiger partial charge on any atom is 0.149 e. The molecular weight excluding hydrogens is 226 g/mol. The molecule has 4 nitrogen and oxygen atoms in total. The lowest BCUT2D eigenvalue weighted by Gasteiger charge is -2.35. The Morgan fingerprint density at radius 1 is 1.50 bits per heavy atom. The van der Waals surface area contributed by atoms with Crippen LogP contribution in [0, 0.1) is 12.8 Å². The first-order valence-electron chi connectivity index (χ1n) is 6.67. The Morgan fingerprint density at radius 2 is 2.17 bits per heavy atom. The van der Waals surface area contributed by atoms with Crippen LogP contribution in [0.3, 0.4) is 0 Å². The molecule has 1 aromatic rings. The number of nitrogens with one attached hydrogen (secondary N) is 1. The number of aliphatic hydroxyl groups is 1. The number of hydrogen-bond acceptors (Lipinski definition) is 4. The molecule has 1 aromatic heterocycles. The van der Waals surface area contributed by atoms with Crippen molar-refractivity contribution in [2.24, 2.45) is 5.92 Å². The lowest BCUT2D eigenvalue weighted by Crippen LogP contribution is -2.40. The van der Waals surface area contributed by atoms with Crippen LogP contribution in [0.25, 0.3) is 0 Å². The highest BCUT2D eigenvalue weighted by Crippen LogP contribution is 2.32. The fourth-order valence-electron chi connectivity index (χ4n) is 2.44. The molecule has 0 amide bonds. The summed E-state index contributed by atoms with van der Waals surface area (Å²) in [6.07, 6.45) is 5.63. The molecule has 0 saturated heterocycles. The third-order valence-corrected chi connectivity index (χ3v) is 4.00. The molecule has 1 saturated carbocycles. The number of nitrogen functional groups attached to an aromatic ring is 1. The van der Waals surface area contributed by atoms with Gasteiger partial charge >= 0.3 is 0 Å². The van der Waals surface area contributed by atoms with E-state index in [1.165, 1.54) is 0 Å². The maximum atomic E-state index is 10.5. The zero-order valence-corrected chi connectivity index (χ0v) is 11.2.